The molecule has 28 heavy (non-hydrogen) atoms. The molecule has 0 aliphatic carbocycles. The molecule has 1 atom stereocenters. The maximum Gasteiger partial charge on any atom is 0.237 e. The lowest BCUT2D eigenvalue weighted by atomic mass is 10.0. The van der Waals surface area contributed by atoms with Crippen LogP contribution in [0.5, 0.6) is 0 Å². The van der Waals surface area contributed by atoms with Crippen molar-refractivity contribution in [3.05, 3.63) is 24.4 Å². The van der Waals surface area contributed by atoms with Crippen molar-refractivity contribution in [2.45, 2.75) is 58.2 Å². The van der Waals surface area contributed by atoms with Crippen molar-refractivity contribution < 1.29 is 4.79 Å². The van der Waals surface area contributed by atoms with E-state index in [0.717, 1.165) is 25.1 Å². The number of aryl methyl sites for hydroxylation is 2. The first-order chi connectivity index (χ1) is 13.4. The Morgan fingerprint density at radius 1 is 1.43 bits per heavy atom. The highest BCUT2D eigenvalue weighted by Gasteiger charge is 2.29. The van der Waals surface area contributed by atoms with Crippen molar-refractivity contribution in [1.82, 2.24) is 34.9 Å². The van der Waals surface area contributed by atoms with Gasteiger partial charge in [0, 0.05) is 31.0 Å². The Morgan fingerprint density at radius 2 is 2.25 bits per heavy atom. The van der Waals surface area contributed by atoms with E-state index >= 15 is 0 Å². The molecule has 0 aromatic carbocycles. The number of amides is 1. The van der Waals surface area contributed by atoms with Gasteiger partial charge in [0.05, 0.1) is 18.8 Å². The molecule has 3 heterocycles. The van der Waals surface area contributed by atoms with Gasteiger partial charge in [0.2, 0.25) is 11.7 Å². The van der Waals surface area contributed by atoms with Crippen LogP contribution in [0.3, 0.4) is 0 Å². The largest absolute Gasteiger partial charge is 0.326 e. The minimum atomic E-state index is -0.283. The summed E-state index contributed by atoms with van der Waals surface area (Å²) in [5, 5.41) is 17.0. The Morgan fingerprint density at radius 3 is 2.96 bits per heavy atom. The molecule has 1 aliphatic heterocycles. The van der Waals surface area contributed by atoms with Crippen LogP contribution < -0.4 is 5.32 Å². The number of nitrogens with one attached hydrogen (secondary N) is 1. The van der Waals surface area contributed by atoms with E-state index in [1.807, 2.05) is 11.6 Å². The molecule has 1 N–H and O–H groups in total. The van der Waals surface area contributed by atoms with Crippen LogP contribution in [-0.4, -0.2) is 60.2 Å². The van der Waals surface area contributed by atoms with E-state index < -0.39 is 0 Å². The molecule has 0 bridgehead atoms. The normalized spacial score (nSPS) is 16.9. The lowest BCUT2D eigenvalue weighted by Crippen LogP contribution is -2.48. The first kappa shape index (κ1) is 19.9. The van der Waals surface area contributed by atoms with Crippen molar-refractivity contribution >= 4 is 5.91 Å². The Labute approximate surface area is 164 Å². The number of nitriles is 1. The first-order valence-corrected chi connectivity index (χ1v) is 9.51. The molecular formula is C19H26N8O. The zero-order chi connectivity index (χ0) is 20.1. The Kier molecular flexibility index (Phi) is 5.99. The molecular weight excluding hydrogens is 356 g/mol. The predicted molar refractivity (Wildman–Crippen MR) is 103 cm³/mol. The van der Waals surface area contributed by atoms with Crippen molar-refractivity contribution in [3.63, 3.8) is 0 Å². The molecule has 0 radical (unpaired) electrons. The van der Waals surface area contributed by atoms with Crippen LogP contribution in [0.2, 0.25) is 0 Å². The third kappa shape index (κ3) is 4.70. The Hall–Kier alpha value is -2.86. The van der Waals surface area contributed by atoms with Crippen LogP contribution in [0.15, 0.2) is 18.6 Å². The molecule has 1 amide bonds. The van der Waals surface area contributed by atoms with Crippen LogP contribution >= 0.6 is 0 Å². The summed E-state index contributed by atoms with van der Waals surface area (Å²) in [5.74, 6) is 1.35. The smallest absolute Gasteiger partial charge is 0.237 e. The van der Waals surface area contributed by atoms with Gasteiger partial charge in [-0.1, -0.05) is 0 Å². The second-order valence-electron chi connectivity index (χ2n) is 7.66. The molecule has 9 nitrogen and oxygen atoms in total. The molecule has 3 rings (SSSR count). The lowest BCUT2D eigenvalue weighted by Gasteiger charge is -2.28. The van der Waals surface area contributed by atoms with Crippen molar-refractivity contribution in [2.75, 3.05) is 13.1 Å². The average Bonchev–Trinajstić information content (AvgIpc) is 3.32. The van der Waals surface area contributed by atoms with E-state index in [1.54, 1.807) is 23.5 Å². The fourth-order valence-corrected chi connectivity index (χ4v) is 3.24. The van der Waals surface area contributed by atoms with Gasteiger partial charge in [0.1, 0.15) is 17.6 Å². The summed E-state index contributed by atoms with van der Waals surface area (Å²) in [6.45, 7) is 7.59. The van der Waals surface area contributed by atoms with Gasteiger partial charge in [-0.15, -0.1) is 5.10 Å². The zero-order valence-electron chi connectivity index (χ0n) is 16.6. The molecule has 2 aromatic rings. The molecule has 1 aliphatic rings. The highest BCUT2D eigenvalue weighted by Crippen LogP contribution is 2.17. The van der Waals surface area contributed by atoms with Crippen LogP contribution in [0.1, 0.15) is 38.9 Å². The summed E-state index contributed by atoms with van der Waals surface area (Å²) in [6.07, 6.45) is 7.31. The van der Waals surface area contributed by atoms with Gasteiger partial charge in [-0.05, 0) is 40.0 Å². The summed E-state index contributed by atoms with van der Waals surface area (Å²) in [5.41, 5.74) is 0.382. The molecule has 148 valence electrons. The predicted octanol–water partition coefficient (Wildman–Crippen LogP) is 1.32. The maximum atomic E-state index is 12.4. The summed E-state index contributed by atoms with van der Waals surface area (Å²) < 4.78 is 1.85. The third-order valence-electron chi connectivity index (χ3n) is 5.04. The monoisotopic (exact) mass is 382 g/mol. The SMILES string of the molecule is Cc1nc(-c2cnccn2)nn1CCC(C)(C)NCC(=O)N1CCCC1C#N. The molecule has 1 saturated heterocycles. The van der Waals surface area contributed by atoms with E-state index in [-0.39, 0.29) is 24.0 Å². The highest BCUT2D eigenvalue weighted by molar-refractivity contribution is 5.79. The van der Waals surface area contributed by atoms with E-state index in [4.69, 9.17) is 5.26 Å². The van der Waals surface area contributed by atoms with Gasteiger partial charge in [0.25, 0.3) is 0 Å². The van der Waals surface area contributed by atoms with Crippen LogP contribution in [0, 0.1) is 18.3 Å². The summed E-state index contributed by atoms with van der Waals surface area (Å²) in [6, 6.07) is 1.93. The number of carbonyl (C=O) groups excluding carboxylic acids is 1. The first-order valence-electron chi connectivity index (χ1n) is 9.51. The van der Waals surface area contributed by atoms with Gasteiger partial charge in [-0.25, -0.2) is 14.6 Å². The van der Waals surface area contributed by atoms with E-state index in [9.17, 15) is 4.79 Å². The van der Waals surface area contributed by atoms with E-state index in [2.05, 4.69) is 45.3 Å². The fourth-order valence-electron chi connectivity index (χ4n) is 3.24. The van der Waals surface area contributed by atoms with Crippen LogP contribution in [0.25, 0.3) is 11.5 Å². The number of aromatic nitrogens is 5. The van der Waals surface area contributed by atoms with E-state index in [1.165, 1.54) is 0 Å². The number of rotatable bonds is 7. The van der Waals surface area contributed by atoms with Gasteiger partial charge in [-0.2, -0.15) is 5.26 Å². The third-order valence-corrected chi connectivity index (χ3v) is 5.04. The van der Waals surface area contributed by atoms with Crippen LogP contribution in [-0.2, 0) is 11.3 Å². The number of nitrogens with zero attached hydrogens (tertiary/aromatic N) is 7. The van der Waals surface area contributed by atoms with Gasteiger partial charge in [0.15, 0.2) is 0 Å². The standard InChI is InChI=1S/C19H26N8O/c1-14-24-18(16-12-21-7-8-22-16)25-27(14)10-6-19(2,3)23-13-17(28)26-9-4-5-15(26)11-20/h7-8,12,15,23H,4-6,9-10,13H2,1-3H3. The van der Waals surface area contributed by atoms with Crippen LogP contribution in [0.4, 0.5) is 0 Å². The second kappa shape index (κ2) is 8.44. The number of likely N-dealkylation sites (tertiary alicyclic amines) is 1. The number of hydrogen-bond acceptors (Lipinski definition) is 7. The highest BCUT2D eigenvalue weighted by atomic mass is 16.2. The summed E-state index contributed by atoms with van der Waals surface area (Å²) in [4.78, 5) is 26.8. The average molecular weight is 382 g/mol. The molecule has 1 fully saturated rings. The quantitative estimate of drug-likeness (QED) is 0.768. The zero-order valence-corrected chi connectivity index (χ0v) is 16.6. The van der Waals surface area contributed by atoms with Crippen molar-refractivity contribution in [3.8, 4) is 17.6 Å². The summed E-state index contributed by atoms with van der Waals surface area (Å²) >= 11 is 0. The molecule has 1 unspecified atom stereocenters. The Bertz CT molecular complexity index is 855. The lowest BCUT2D eigenvalue weighted by molar-refractivity contribution is -0.130. The summed E-state index contributed by atoms with van der Waals surface area (Å²) in [7, 11) is 0. The van der Waals surface area contributed by atoms with Gasteiger partial charge < -0.3 is 10.2 Å². The van der Waals surface area contributed by atoms with E-state index in [0.29, 0.717) is 24.6 Å². The topological polar surface area (TPSA) is 113 Å². The minimum absolute atomic E-state index is 0.0148. The number of hydrogen-bond donors (Lipinski definition) is 1. The fraction of sp³-hybridized carbons (Fsp3) is 0.579. The van der Waals surface area contributed by atoms with Gasteiger partial charge >= 0.3 is 0 Å². The minimum Gasteiger partial charge on any atom is -0.326 e. The molecule has 9 heteroatoms. The molecule has 2 aromatic heterocycles. The molecule has 0 spiro atoms. The maximum absolute atomic E-state index is 12.4. The second-order valence-corrected chi connectivity index (χ2v) is 7.66. The van der Waals surface area contributed by atoms with Crippen molar-refractivity contribution in [1.29, 1.82) is 5.26 Å². The van der Waals surface area contributed by atoms with Gasteiger partial charge in [-0.3, -0.25) is 9.78 Å². The Balaban J connectivity index is 1.54. The van der Waals surface area contributed by atoms with Crippen molar-refractivity contribution in [2.24, 2.45) is 0 Å². The number of carbonyl (C=O) groups is 1. The molecule has 0 saturated carbocycles.